The van der Waals surface area contributed by atoms with Crippen LogP contribution < -0.4 is 0 Å². The second-order valence-electron chi connectivity index (χ2n) is 10.3. The van der Waals surface area contributed by atoms with E-state index >= 15 is 0 Å². The normalized spacial score (nSPS) is 51.8. The Morgan fingerprint density at radius 3 is 1.50 bits per heavy atom. The first-order valence-corrected chi connectivity index (χ1v) is 8.69. The van der Waals surface area contributed by atoms with Gasteiger partial charge in [0.2, 0.25) is 0 Å². The van der Waals surface area contributed by atoms with Crippen molar-refractivity contribution in [3.8, 4) is 0 Å². The van der Waals surface area contributed by atoms with E-state index in [1.54, 1.807) is 0 Å². The Kier molecular flexibility index (Phi) is 3.16. The van der Waals surface area contributed by atoms with Gasteiger partial charge in [0.05, 0.1) is 12.7 Å². The average molecular weight is 278 g/mol. The van der Waals surface area contributed by atoms with Gasteiger partial charge in [0.25, 0.3) is 0 Å². The van der Waals surface area contributed by atoms with Crippen molar-refractivity contribution in [3.63, 3.8) is 0 Å². The van der Waals surface area contributed by atoms with Crippen molar-refractivity contribution in [2.24, 2.45) is 27.6 Å². The van der Waals surface area contributed by atoms with Gasteiger partial charge >= 0.3 is 0 Å². The minimum atomic E-state index is 0.399. The van der Waals surface area contributed by atoms with E-state index in [2.05, 4.69) is 41.5 Å². The van der Waals surface area contributed by atoms with Crippen LogP contribution in [0.15, 0.2) is 0 Å². The minimum Gasteiger partial charge on any atom is -0.378 e. The molecule has 4 rings (SSSR count). The molecule has 0 N–H and O–H groups in total. The van der Waals surface area contributed by atoms with Crippen molar-refractivity contribution < 1.29 is 4.74 Å². The van der Waals surface area contributed by atoms with Crippen LogP contribution in [0.25, 0.3) is 0 Å². The van der Waals surface area contributed by atoms with Gasteiger partial charge in [0.1, 0.15) is 0 Å². The Hall–Kier alpha value is -0.0400. The minimum absolute atomic E-state index is 0.399. The van der Waals surface area contributed by atoms with Crippen LogP contribution in [0.5, 0.6) is 0 Å². The summed E-state index contributed by atoms with van der Waals surface area (Å²) in [6, 6.07) is 0. The molecule has 1 atom stereocenters. The highest BCUT2D eigenvalue weighted by atomic mass is 16.5. The van der Waals surface area contributed by atoms with Crippen LogP contribution in [0.4, 0.5) is 0 Å². The average Bonchev–Trinajstić information content (AvgIpc) is 2.18. The fourth-order valence-electron chi connectivity index (χ4n) is 7.21. The van der Waals surface area contributed by atoms with Crippen LogP contribution in [0, 0.1) is 27.6 Å². The SMILES string of the molecule is CC(C)C(C)OCC12CC3(C)CC(C)(CC(C)(C3)C1)C2. The smallest absolute Gasteiger partial charge is 0.0570 e. The molecular formula is C19H34O. The summed E-state index contributed by atoms with van der Waals surface area (Å²) in [5.74, 6) is 0.630. The van der Waals surface area contributed by atoms with Gasteiger partial charge in [-0.05, 0) is 73.0 Å². The highest BCUT2D eigenvalue weighted by Gasteiger charge is 2.63. The third kappa shape index (κ3) is 2.45. The third-order valence-electron chi connectivity index (χ3n) is 6.56. The van der Waals surface area contributed by atoms with Gasteiger partial charge in [-0.3, -0.25) is 0 Å². The molecule has 0 aromatic rings. The van der Waals surface area contributed by atoms with Gasteiger partial charge in [-0.2, -0.15) is 0 Å². The molecule has 4 saturated carbocycles. The molecule has 0 radical (unpaired) electrons. The monoisotopic (exact) mass is 278 g/mol. The molecule has 1 nitrogen and oxygen atoms in total. The molecule has 0 aromatic carbocycles. The van der Waals surface area contributed by atoms with Gasteiger partial charge < -0.3 is 4.74 Å². The number of ether oxygens (including phenoxy) is 1. The Labute approximate surface area is 125 Å². The summed E-state index contributed by atoms with van der Waals surface area (Å²) in [6.45, 7) is 15.5. The molecule has 116 valence electrons. The van der Waals surface area contributed by atoms with Gasteiger partial charge in [-0.25, -0.2) is 0 Å². The van der Waals surface area contributed by atoms with E-state index in [1.165, 1.54) is 38.5 Å². The molecule has 4 fully saturated rings. The molecular weight excluding hydrogens is 244 g/mol. The first-order chi connectivity index (χ1) is 9.07. The summed E-state index contributed by atoms with van der Waals surface area (Å²) in [6.07, 6.45) is 9.00. The van der Waals surface area contributed by atoms with Crippen molar-refractivity contribution in [1.82, 2.24) is 0 Å². The quantitative estimate of drug-likeness (QED) is 0.666. The summed E-state index contributed by atoms with van der Waals surface area (Å²) in [5.41, 5.74) is 2.24. The largest absolute Gasteiger partial charge is 0.378 e. The van der Waals surface area contributed by atoms with Gasteiger partial charge in [-0.15, -0.1) is 0 Å². The van der Waals surface area contributed by atoms with E-state index in [0.29, 0.717) is 33.7 Å². The van der Waals surface area contributed by atoms with Crippen molar-refractivity contribution in [3.05, 3.63) is 0 Å². The highest BCUT2D eigenvalue weighted by Crippen LogP contribution is 2.73. The lowest BCUT2D eigenvalue weighted by atomic mass is 9.36. The van der Waals surface area contributed by atoms with Crippen LogP contribution in [-0.2, 0) is 4.74 Å². The summed E-state index contributed by atoms with van der Waals surface area (Å²) < 4.78 is 6.32. The molecule has 0 aromatic heterocycles. The van der Waals surface area contributed by atoms with E-state index in [1.807, 2.05) is 0 Å². The van der Waals surface area contributed by atoms with Gasteiger partial charge in [-0.1, -0.05) is 34.6 Å². The first-order valence-electron chi connectivity index (χ1n) is 8.69. The molecule has 4 aliphatic carbocycles. The van der Waals surface area contributed by atoms with Crippen molar-refractivity contribution in [2.75, 3.05) is 6.61 Å². The number of hydrogen-bond donors (Lipinski definition) is 0. The third-order valence-corrected chi connectivity index (χ3v) is 6.56. The fourth-order valence-corrected chi connectivity index (χ4v) is 7.21. The predicted octanol–water partition coefficient (Wildman–Crippen LogP) is 5.43. The molecule has 0 aliphatic heterocycles. The molecule has 1 unspecified atom stereocenters. The Morgan fingerprint density at radius 2 is 1.15 bits per heavy atom. The maximum Gasteiger partial charge on any atom is 0.0570 e. The second-order valence-corrected chi connectivity index (χ2v) is 10.3. The molecule has 0 spiro atoms. The van der Waals surface area contributed by atoms with E-state index in [9.17, 15) is 0 Å². The second kappa shape index (κ2) is 4.24. The van der Waals surface area contributed by atoms with Gasteiger partial charge in [0, 0.05) is 0 Å². The first kappa shape index (κ1) is 14.9. The highest BCUT2D eigenvalue weighted by molar-refractivity contribution is 5.14. The lowest BCUT2D eigenvalue weighted by Gasteiger charge is -2.69. The van der Waals surface area contributed by atoms with Crippen molar-refractivity contribution >= 4 is 0 Å². The summed E-state index contributed by atoms with van der Waals surface area (Å²) in [5, 5.41) is 0. The van der Waals surface area contributed by atoms with Crippen LogP contribution in [0.3, 0.4) is 0 Å². The standard InChI is InChI=1S/C19H34O/c1-14(2)15(3)20-13-19-10-16(4)7-17(5,11-19)9-18(6,8-16)12-19/h14-15H,7-13H2,1-6H3. The molecule has 0 heterocycles. The van der Waals surface area contributed by atoms with Crippen LogP contribution in [-0.4, -0.2) is 12.7 Å². The maximum atomic E-state index is 6.32. The Morgan fingerprint density at radius 1 is 0.750 bits per heavy atom. The Bertz CT molecular complexity index is 343. The zero-order chi connectivity index (χ0) is 14.8. The zero-order valence-corrected chi connectivity index (χ0v) is 14.5. The zero-order valence-electron chi connectivity index (χ0n) is 14.5. The number of rotatable bonds is 4. The van der Waals surface area contributed by atoms with Gasteiger partial charge in [0.15, 0.2) is 0 Å². The molecule has 1 heteroatoms. The predicted molar refractivity (Wildman–Crippen MR) is 84.7 cm³/mol. The van der Waals surface area contributed by atoms with Crippen molar-refractivity contribution in [1.29, 1.82) is 0 Å². The van der Waals surface area contributed by atoms with Crippen LogP contribution in [0.1, 0.15) is 80.1 Å². The summed E-state index contributed by atoms with van der Waals surface area (Å²) in [4.78, 5) is 0. The Balaban J connectivity index is 1.80. The lowest BCUT2D eigenvalue weighted by Crippen LogP contribution is -2.60. The molecule has 20 heavy (non-hydrogen) atoms. The van der Waals surface area contributed by atoms with E-state index in [4.69, 9.17) is 4.74 Å². The lowest BCUT2D eigenvalue weighted by molar-refractivity contribution is -0.206. The fraction of sp³-hybridized carbons (Fsp3) is 1.00. The molecule has 0 saturated heterocycles. The van der Waals surface area contributed by atoms with Crippen molar-refractivity contribution in [2.45, 2.75) is 86.2 Å². The summed E-state index contributed by atoms with van der Waals surface area (Å²) in [7, 11) is 0. The van der Waals surface area contributed by atoms with Crippen LogP contribution >= 0.6 is 0 Å². The summed E-state index contributed by atoms with van der Waals surface area (Å²) >= 11 is 0. The van der Waals surface area contributed by atoms with E-state index < -0.39 is 0 Å². The number of hydrogen-bond acceptors (Lipinski definition) is 1. The molecule has 4 aliphatic rings. The topological polar surface area (TPSA) is 9.23 Å². The van der Waals surface area contributed by atoms with Crippen LogP contribution in [0.2, 0.25) is 0 Å². The maximum absolute atomic E-state index is 6.32. The molecule has 0 amide bonds. The van der Waals surface area contributed by atoms with E-state index in [0.717, 1.165) is 6.61 Å². The molecule has 4 bridgehead atoms. The van der Waals surface area contributed by atoms with E-state index in [-0.39, 0.29) is 0 Å².